The lowest BCUT2D eigenvalue weighted by atomic mass is 10.1. The molecule has 126 valence electrons. The first-order valence-corrected chi connectivity index (χ1v) is 8.02. The quantitative estimate of drug-likeness (QED) is 0.790. The summed E-state index contributed by atoms with van der Waals surface area (Å²) in [6.45, 7) is 2.93. The van der Waals surface area contributed by atoms with Gasteiger partial charge in [0.1, 0.15) is 5.75 Å². The average Bonchev–Trinajstić information content (AvgIpc) is 2.58. The lowest BCUT2D eigenvalue weighted by Crippen LogP contribution is -2.36. The molecule has 5 nitrogen and oxygen atoms in total. The minimum Gasteiger partial charge on any atom is -0.494 e. The fraction of sp³-hybridized carbons (Fsp3) is 0.222. The van der Waals surface area contributed by atoms with Gasteiger partial charge >= 0.3 is 11.8 Å². The first-order chi connectivity index (χ1) is 11.6. The van der Waals surface area contributed by atoms with Gasteiger partial charge in [0.05, 0.1) is 6.61 Å². The Kier molecular flexibility index (Phi) is 6.63. The average molecular weight is 347 g/mol. The van der Waals surface area contributed by atoms with Crippen molar-refractivity contribution in [2.45, 2.75) is 13.3 Å². The highest BCUT2D eigenvalue weighted by atomic mass is 35.5. The van der Waals surface area contributed by atoms with Crippen LogP contribution < -0.4 is 15.4 Å². The van der Waals surface area contributed by atoms with Crippen molar-refractivity contribution in [3.8, 4) is 5.75 Å². The van der Waals surface area contributed by atoms with Crippen LogP contribution in [0.3, 0.4) is 0 Å². The molecule has 0 aliphatic heterocycles. The molecular weight excluding hydrogens is 328 g/mol. The molecule has 0 aliphatic rings. The van der Waals surface area contributed by atoms with Crippen molar-refractivity contribution in [1.29, 1.82) is 0 Å². The molecule has 0 spiro atoms. The van der Waals surface area contributed by atoms with Gasteiger partial charge in [-0.1, -0.05) is 23.7 Å². The Bertz CT molecular complexity index is 684. The second-order valence-electron chi connectivity index (χ2n) is 5.04. The standard InChI is InChI=1S/C18H19ClN2O3/c1-2-24-16-9-3-13(4-10-16)11-12-20-17(22)18(23)21-15-7-5-14(19)6-8-15/h3-10H,2,11-12H2,1H3,(H,20,22)(H,21,23). The van der Waals surface area contributed by atoms with Crippen LogP contribution in [0, 0.1) is 0 Å². The van der Waals surface area contributed by atoms with Crippen LogP contribution in [0.5, 0.6) is 5.75 Å². The van der Waals surface area contributed by atoms with Gasteiger partial charge in [-0.3, -0.25) is 9.59 Å². The number of benzene rings is 2. The summed E-state index contributed by atoms with van der Waals surface area (Å²) in [6, 6.07) is 14.2. The first-order valence-electron chi connectivity index (χ1n) is 7.65. The van der Waals surface area contributed by atoms with E-state index < -0.39 is 11.8 Å². The molecule has 24 heavy (non-hydrogen) atoms. The maximum atomic E-state index is 11.8. The SMILES string of the molecule is CCOc1ccc(CCNC(=O)C(=O)Nc2ccc(Cl)cc2)cc1. The summed E-state index contributed by atoms with van der Waals surface area (Å²) in [7, 11) is 0. The van der Waals surface area contributed by atoms with Gasteiger partial charge in [-0.15, -0.1) is 0 Å². The third-order valence-electron chi connectivity index (χ3n) is 3.24. The van der Waals surface area contributed by atoms with Crippen LogP contribution in [-0.4, -0.2) is 25.0 Å². The van der Waals surface area contributed by atoms with Crippen LogP contribution in [0.4, 0.5) is 5.69 Å². The fourth-order valence-electron chi connectivity index (χ4n) is 2.04. The Balaban J connectivity index is 1.75. The second-order valence-corrected chi connectivity index (χ2v) is 5.48. The molecule has 0 unspecified atom stereocenters. The van der Waals surface area contributed by atoms with Gasteiger partial charge < -0.3 is 15.4 Å². The first kappa shape index (κ1) is 17.8. The smallest absolute Gasteiger partial charge is 0.313 e. The van der Waals surface area contributed by atoms with E-state index >= 15 is 0 Å². The van der Waals surface area contributed by atoms with Crippen LogP contribution in [0.25, 0.3) is 0 Å². The molecule has 2 amide bonds. The van der Waals surface area contributed by atoms with Crippen molar-refractivity contribution in [2.24, 2.45) is 0 Å². The van der Waals surface area contributed by atoms with Crippen molar-refractivity contribution in [1.82, 2.24) is 5.32 Å². The van der Waals surface area contributed by atoms with E-state index in [1.807, 2.05) is 31.2 Å². The number of anilines is 1. The third-order valence-corrected chi connectivity index (χ3v) is 3.49. The number of carbonyl (C=O) groups is 2. The van der Waals surface area contributed by atoms with Gasteiger partial charge in [-0.2, -0.15) is 0 Å². The summed E-state index contributed by atoms with van der Waals surface area (Å²) in [4.78, 5) is 23.6. The van der Waals surface area contributed by atoms with E-state index in [1.165, 1.54) is 0 Å². The predicted octanol–water partition coefficient (Wildman–Crippen LogP) is 3.04. The molecule has 0 saturated heterocycles. The number of ether oxygens (including phenoxy) is 1. The van der Waals surface area contributed by atoms with Crippen LogP contribution in [0.15, 0.2) is 48.5 Å². The zero-order valence-electron chi connectivity index (χ0n) is 13.3. The summed E-state index contributed by atoms with van der Waals surface area (Å²) in [5, 5.41) is 5.67. The maximum absolute atomic E-state index is 11.8. The molecule has 0 aromatic heterocycles. The van der Waals surface area contributed by atoms with Gasteiger partial charge in [0, 0.05) is 17.3 Å². The van der Waals surface area contributed by atoms with Crippen molar-refractivity contribution in [3.05, 3.63) is 59.1 Å². The molecule has 2 aromatic carbocycles. The molecule has 0 aliphatic carbocycles. The van der Waals surface area contributed by atoms with Crippen LogP contribution >= 0.6 is 11.6 Å². The largest absolute Gasteiger partial charge is 0.494 e. The monoisotopic (exact) mass is 346 g/mol. The Labute approximate surface area is 146 Å². The maximum Gasteiger partial charge on any atom is 0.313 e. The molecule has 0 radical (unpaired) electrons. The number of halogens is 1. The minimum atomic E-state index is -0.705. The van der Waals surface area contributed by atoms with Crippen molar-refractivity contribution in [3.63, 3.8) is 0 Å². The predicted molar refractivity (Wildman–Crippen MR) is 94.4 cm³/mol. The molecule has 0 saturated carbocycles. The molecule has 6 heteroatoms. The molecule has 2 N–H and O–H groups in total. The molecule has 0 bridgehead atoms. The Morgan fingerprint density at radius 2 is 1.67 bits per heavy atom. The van der Waals surface area contributed by atoms with Gasteiger partial charge in [-0.05, 0) is 55.3 Å². The van der Waals surface area contributed by atoms with Crippen molar-refractivity contribution in [2.75, 3.05) is 18.5 Å². The molecule has 0 atom stereocenters. The summed E-state index contributed by atoms with van der Waals surface area (Å²) in [5.74, 6) is -0.562. The van der Waals surface area contributed by atoms with E-state index in [0.29, 0.717) is 30.3 Å². The summed E-state index contributed by atoms with van der Waals surface area (Å²) >= 11 is 5.76. The highest BCUT2D eigenvalue weighted by Gasteiger charge is 2.12. The summed E-state index contributed by atoms with van der Waals surface area (Å²) in [5.41, 5.74) is 1.57. The molecular formula is C18H19ClN2O3. The summed E-state index contributed by atoms with van der Waals surface area (Å²) < 4.78 is 5.37. The molecule has 2 rings (SSSR count). The topological polar surface area (TPSA) is 67.4 Å². The van der Waals surface area contributed by atoms with E-state index in [4.69, 9.17) is 16.3 Å². The number of hydrogen-bond donors (Lipinski definition) is 2. The number of rotatable bonds is 6. The van der Waals surface area contributed by atoms with E-state index in [9.17, 15) is 9.59 Å². The van der Waals surface area contributed by atoms with Gasteiger partial charge in [0.25, 0.3) is 0 Å². The minimum absolute atomic E-state index is 0.376. The highest BCUT2D eigenvalue weighted by molar-refractivity contribution is 6.39. The van der Waals surface area contributed by atoms with Crippen LogP contribution in [-0.2, 0) is 16.0 Å². The zero-order chi connectivity index (χ0) is 17.4. The number of nitrogens with one attached hydrogen (secondary N) is 2. The number of hydrogen-bond acceptors (Lipinski definition) is 3. The Hall–Kier alpha value is -2.53. The molecule has 2 aromatic rings. The lowest BCUT2D eigenvalue weighted by Gasteiger charge is -2.07. The van der Waals surface area contributed by atoms with Gasteiger partial charge in [0.2, 0.25) is 0 Å². The van der Waals surface area contributed by atoms with E-state index in [1.54, 1.807) is 24.3 Å². The number of amides is 2. The van der Waals surface area contributed by atoms with E-state index in [2.05, 4.69) is 10.6 Å². The van der Waals surface area contributed by atoms with Crippen molar-refractivity contribution < 1.29 is 14.3 Å². The second kappa shape index (κ2) is 8.93. The molecule has 0 heterocycles. The Morgan fingerprint density at radius 1 is 1.00 bits per heavy atom. The van der Waals surface area contributed by atoms with Gasteiger partial charge in [0.15, 0.2) is 0 Å². The molecule has 0 fully saturated rings. The zero-order valence-corrected chi connectivity index (χ0v) is 14.1. The van der Waals surface area contributed by atoms with Gasteiger partial charge in [-0.25, -0.2) is 0 Å². The van der Waals surface area contributed by atoms with Crippen molar-refractivity contribution >= 4 is 29.1 Å². The third kappa shape index (κ3) is 5.59. The normalized spacial score (nSPS) is 10.1. The Morgan fingerprint density at radius 3 is 2.29 bits per heavy atom. The highest BCUT2D eigenvalue weighted by Crippen LogP contribution is 2.13. The lowest BCUT2D eigenvalue weighted by molar-refractivity contribution is -0.136. The number of carbonyl (C=O) groups excluding carboxylic acids is 2. The van der Waals surface area contributed by atoms with Crippen LogP contribution in [0.1, 0.15) is 12.5 Å². The van der Waals surface area contributed by atoms with E-state index in [-0.39, 0.29) is 0 Å². The van der Waals surface area contributed by atoms with Crippen LogP contribution in [0.2, 0.25) is 5.02 Å². The summed E-state index contributed by atoms with van der Waals surface area (Å²) in [6.07, 6.45) is 0.631. The fourth-order valence-corrected chi connectivity index (χ4v) is 2.17. The van der Waals surface area contributed by atoms with E-state index in [0.717, 1.165) is 11.3 Å².